The minimum Gasteiger partial charge on any atom is -0.503 e. The Hall–Kier alpha value is -0.740. The lowest BCUT2D eigenvalue weighted by atomic mass is 10.1. The molecule has 0 aliphatic carbocycles. The molecule has 0 unspecified atom stereocenters. The van der Waals surface area contributed by atoms with Crippen LogP contribution in [0.4, 0.5) is 0 Å². The molecule has 0 aromatic heterocycles. The van der Waals surface area contributed by atoms with Crippen molar-refractivity contribution in [3.05, 3.63) is 22.2 Å². The van der Waals surface area contributed by atoms with E-state index in [9.17, 15) is 5.11 Å². The van der Waals surface area contributed by atoms with Crippen molar-refractivity contribution in [2.24, 2.45) is 5.73 Å². The first-order valence-electron chi connectivity index (χ1n) is 3.95. The Morgan fingerprint density at radius 3 is 2.77 bits per heavy atom. The van der Waals surface area contributed by atoms with Crippen LogP contribution in [-0.4, -0.2) is 18.8 Å². The van der Waals surface area contributed by atoms with Gasteiger partial charge < -0.3 is 15.6 Å². The van der Waals surface area contributed by atoms with Crippen molar-refractivity contribution in [3.8, 4) is 11.5 Å². The van der Waals surface area contributed by atoms with Crippen LogP contribution in [0.2, 0.25) is 0 Å². The van der Waals surface area contributed by atoms with Crippen LogP contribution in [0.1, 0.15) is 5.56 Å². The van der Waals surface area contributed by atoms with Crippen molar-refractivity contribution in [3.63, 3.8) is 0 Å². The Kier molecular flexibility index (Phi) is 3.57. The SMILES string of the molecule is COc1c(CCN)ccc(Br)c1O. The quantitative estimate of drug-likeness (QED) is 0.852. The maximum atomic E-state index is 9.59. The molecule has 0 fully saturated rings. The smallest absolute Gasteiger partial charge is 0.172 e. The molecule has 0 atom stereocenters. The van der Waals surface area contributed by atoms with Crippen molar-refractivity contribution in [1.29, 1.82) is 0 Å². The number of halogens is 1. The molecule has 1 aromatic carbocycles. The summed E-state index contributed by atoms with van der Waals surface area (Å²) in [6, 6.07) is 3.67. The average molecular weight is 246 g/mol. The van der Waals surface area contributed by atoms with Gasteiger partial charge in [-0.1, -0.05) is 6.07 Å². The van der Waals surface area contributed by atoms with Gasteiger partial charge in [0.05, 0.1) is 11.6 Å². The van der Waals surface area contributed by atoms with E-state index in [1.165, 1.54) is 7.11 Å². The van der Waals surface area contributed by atoms with Crippen molar-refractivity contribution >= 4 is 15.9 Å². The number of aromatic hydroxyl groups is 1. The molecule has 3 N–H and O–H groups in total. The molecule has 72 valence electrons. The molecule has 0 aliphatic rings. The lowest BCUT2D eigenvalue weighted by molar-refractivity contribution is 0.368. The minimum atomic E-state index is 0.133. The van der Waals surface area contributed by atoms with E-state index in [1.807, 2.05) is 6.07 Å². The summed E-state index contributed by atoms with van der Waals surface area (Å²) in [5.74, 6) is 0.633. The molecule has 13 heavy (non-hydrogen) atoms. The summed E-state index contributed by atoms with van der Waals surface area (Å²) in [4.78, 5) is 0. The summed E-state index contributed by atoms with van der Waals surface area (Å²) in [7, 11) is 1.53. The number of nitrogens with two attached hydrogens (primary N) is 1. The van der Waals surface area contributed by atoms with Crippen LogP contribution in [0.5, 0.6) is 11.5 Å². The molecule has 0 radical (unpaired) electrons. The van der Waals surface area contributed by atoms with E-state index in [4.69, 9.17) is 10.5 Å². The first kappa shape index (κ1) is 10.3. The third kappa shape index (κ3) is 2.14. The summed E-state index contributed by atoms with van der Waals surface area (Å²) >= 11 is 3.21. The highest BCUT2D eigenvalue weighted by Gasteiger charge is 2.10. The number of ether oxygens (including phenoxy) is 1. The molecule has 4 heteroatoms. The van der Waals surface area contributed by atoms with Crippen LogP contribution in [0.15, 0.2) is 16.6 Å². The van der Waals surface area contributed by atoms with Crippen LogP contribution < -0.4 is 10.5 Å². The molecule has 3 nitrogen and oxygen atoms in total. The van der Waals surface area contributed by atoms with Crippen LogP contribution >= 0.6 is 15.9 Å². The molecule has 0 saturated carbocycles. The molecule has 0 amide bonds. The highest BCUT2D eigenvalue weighted by Crippen LogP contribution is 2.36. The molecular weight excluding hydrogens is 234 g/mol. The van der Waals surface area contributed by atoms with Gasteiger partial charge in [0.1, 0.15) is 0 Å². The fraction of sp³-hybridized carbons (Fsp3) is 0.333. The fourth-order valence-electron chi connectivity index (χ4n) is 1.17. The number of hydrogen-bond acceptors (Lipinski definition) is 3. The topological polar surface area (TPSA) is 55.5 Å². The standard InChI is InChI=1S/C9H12BrNO2/c1-13-9-6(4-5-11)2-3-7(10)8(9)12/h2-3,12H,4-5,11H2,1H3. The molecule has 1 aromatic rings. The van der Waals surface area contributed by atoms with E-state index in [1.54, 1.807) is 6.07 Å². The first-order chi connectivity index (χ1) is 6.20. The second kappa shape index (κ2) is 4.48. The molecule has 0 aliphatic heterocycles. The Bertz CT molecular complexity index is 302. The van der Waals surface area contributed by atoms with Gasteiger partial charge in [-0.2, -0.15) is 0 Å². The zero-order chi connectivity index (χ0) is 9.84. The Morgan fingerprint density at radius 2 is 2.23 bits per heavy atom. The van der Waals surface area contributed by atoms with Gasteiger partial charge in [-0.05, 0) is 40.5 Å². The molecule has 0 saturated heterocycles. The molecular formula is C9H12BrNO2. The molecule has 0 spiro atoms. The fourth-order valence-corrected chi connectivity index (χ4v) is 1.48. The van der Waals surface area contributed by atoms with Gasteiger partial charge in [-0.3, -0.25) is 0 Å². The third-order valence-corrected chi connectivity index (χ3v) is 2.42. The second-order valence-electron chi connectivity index (χ2n) is 2.63. The monoisotopic (exact) mass is 245 g/mol. The highest BCUT2D eigenvalue weighted by molar-refractivity contribution is 9.10. The summed E-state index contributed by atoms with van der Waals surface area (Å²) in [5.41, 5.74) is 6.35. The summed E-state index contributed by atoms with van der Waals surface area (Å²) in [6.45, 7) is 0.539. The van der Waals surface area contributed by atoms with E-state index < -0.39 is 0 Å². The summed E-state index contributed by atoms with van der Waals surface area (Å²) in [5, 5.41) is 9.59. The zero-order valence-electron chi connectivity index (χ0n) is 7.38. The molecule has 0 heterocycles. The van der Waals surface area contributed by atoms with Crippen molar-refractivity contribution in [2.45, 2.75) is 6.42 Å². The largest absolute Gasteiger partial charge is 0.503 e. The minimum absolute atomic E-state index is 0.133. The summed E-state index contributed by atoms with van der Waals surface area (Å²) in [6.07, 6.45) is 0.698. The molecule has 1 rings (SSSR count). The number of rotatable bonds is 3. The van der Waals surface area contributed by atoms with Gasteiger partial charge in [0.25, 0.3) is 0 Å². The van der Waals surface area contributed by atoms with E-state index >= 15 is 0 Å². The maximum absolute atomic E-state index is 9.59. The van der Waals surface area contributed by atoms with Gasteiger partial charge >= 0.3 is 0 Å². The normalized spacial score (nSPS) is 10.1. The van der Waals surface area contributed by atoms with Gasteiger partial charge in [0.15, 0.2) is 11.5 Å². The number of benzene rings is 1. The van der Waals surface area contributed by atoms with Crippen LogP contribution in [-0.2, 0) is 6.42 Å². The van der Waals surface area contributed by atoms with Crippen LogP contribution in [0, 0.1) is 0 Å². The van der Waals surface area contributed by atoms with Crippen LogP contribution in [0.3, 0.4) is 0 Å². The summed E-state index contributed by atoms with van der Waals surface area (Å²) < 4.78 is 5.70. The van der Waals surface area contributed by atoms with E-state index in [2.05, 4.69) is 15.9 Å². The Labute approximate surface area is 85.6 Å². The highest BCUT2D eigenvalue weighted by atomic mass is 79.9. The second-order valence-corrected chi connectivity index (χ2v) is 3.48. The number of phenols is 1. The van der Waals surface area contributed by atoms with Crippen molar-refractivity contribution in [1.82, 2.24) is 0 Å². The lowest BCUT2D eigenvalue weighted by Gasteiger charge is -2.10. The maximum Gasteiger partial charge on any atom is 0.172 e. The van der Waals surface area contributed by atoms with Crippen molar-refractivity contribution in [2.75, 3.05) is 13.7 Å². The Balaban J connectivity index is 3.13. The third-order valence-electron chi connectivity index (χ3n) is 1.78. The molecule has 0 bridgehead atoms. The van der Waals surface area contributed by atoms with Gasteiger partial charge in [-0.25, -0.2) is 0 Å². The first-order valence-corrected chi connectivity index (χ1v) is 4.74. The number of phenolic OH excluding ortho intramolecular Hbond substituents is 1. The number of hydrogen-bond donors (Lipinski definition) is 2. The lowest BCUT2D eigenvalue weighted by Crippen LogP contribution is -2.04. The zero-order valence-corrected chi connectivity index (χ0v) is 8.97. The van der Waals surface area contributed by atoms with Gasteiger partial charge in [-0.15, -0.1) is 0 Å². The van der Waals surface area contributed by atoms with Gasteiger partial charge in [0.2, 0.25) is 0 Å². The van der Waals surface area contributed by atoms with Crippen LogP contribution in [0.25, 0.3) is 0 Å². The van der Waals surface area contributed by atoms with E-state index in [0.29, 0.717) is 23.2 Å². The average Bonchev–Trinajstić information content (AvgIpc) is 2.12. The Morgan fingerprint density at radius 1 is 1.54 bits per heavy atom. The van der Waals surface area contributed by atoms with Gasteiger partial charge in [0, 0.05) is 0 Å². The van der Waals surface area contributed by atoms with E-state index in [-0.39, 0.29) is 5.75 Å². The number of methoxy groups -OCH3 is 1. The predicted octanol–water partition coefficient (Wildman–Crippen LogP) is 1.66. The predicted molar refractivity (Wildman–Crippen MR) is 55.1 cm³/mol. The van der Waals surface area contributed by atoms with E-state index in [0.717, 1.165) is 5.56 Å². The van der Waals surface area contributed by atoms with Crippen molar-refractivity contribution < 1.29 is 9.84 Å².